The molecule has 1 radical (unpaired) electrons. The van der Waals surface area contributed by atoms with Gasteiger partial charge in [0.15, 0.2) is 0 Å². The Morgan fingerprint density at radius 3 is 2.68 bits per heavy atom. The molecule has 1 aromatic heterocycles. The fraction of sp³-hybridized carbons (Fsp3) is 0.167. The number of nitrogens with zero attached hydrogens (tertiary/aromatic N) is 1. The monoisotopic (exact) mass is 294 g/mol. The number of benzene rings is 2. The van der Waals surface area contributed by atoms with E-state index in [0.717, 1.165) is 16.5 Å². The Kier molecular flexibility index (Phi) is 3.94. The summed E-state index contributed by atoms with van der Waals surface area (Å²) in [6, 6.07) is 16.5. The Hall–Kier alpha value is -2.59. The number of para-hydroxylation sites is 1. The minimum Gasteiger partial charge on any atom is -0.489 e. The zero-order valence-electron chi connectivity index (χ0n) is 12.3. The Morgan fingerprint density at radius 1 is 1.05 bits per heavy atom. The van der Waals surface area contributed by atoms with Crippen LogP contribution in [0.15, 0.2) is 59.4 Å². The van der Waals surface area contributed by atoms with Gasteiger partial charge in [-0.15, -0.1) is 0 Å². The van der Waals surface area contributed by atoms with Gasteiger partial charge in [0.25, 0.3) is 5.56 Å². The third-order valence-corrected chi connectivity index (χ3v) is 3.71. The molecular formula is C18H16NO3. The van der Waals surface area contributed by atoms with Gasteiger partial charge in [0.1, 0.15) is 19.0 Å². The minimum atomic E-state index is -0.296. The van der Waals surface area contributed by atoms with Gasteiger partial charge in [-0.05, 0) is 35.2 Å². The Bertz CT molecular complexity index is 868. The van der Waals surface area contributed by atoms with Gasteiger partial charge in [0.05, 0.1) is 5.52 Å². The SMILES string of the molecule is Cn1c(=O)ccc2cc(COc3ccccc3C[O])ccc21. The van der Waals surface area contributed by atoms with Gasteiger partial charge in [0.2, 0.25) is 0 Å². The molecule has 0 fully saturated rings. The molecule has 3 aromatic rings. The van der Waals surface area contributed by atoms with Crippen LogP contribution in [0.5, 0.6) is 5.75 Å². The number of aryl methyl sites for hydroxylation is 1. The predicted octanol–water partition coefficient (Wildman–Crippen LogP) is 3.05. The highest BCUT2D eigenvalue weighted by atomic mass is 16.5. The molecule has 0 unspecified atom stereocenters. The minimum absolute atomic E-state index is 0.0270. The number of pyridine rings is 1. The van der Waals surface area contributed by atoms with Crippen LogP contribution in [0.1, 0.15) is 11.1 Å². The number of hydrogen-bond donors (Lipinski definition) is 0. The molecule has 0 saturated carbocycles. The Morgan fingerprint density at radius 2 is 1.86 bits per heavy atom. The van der Waals surface area contributed by atoms with Crippen LogP contribution in [0.3, 0.4) is 0 Å². The average molecular weight is 294 g/mol. The lowest BCUT2D eigenvalue weighted by Gasteiger charge is -2.11. The molecule has 4 nitrogen and oxygen atoms in total. The molecule has 0 atom stereocenters. The van der Waals surface area contributed by atoms with E-state index in [1.54, 1.807) is 29.8 Å². The van der Waals surface area contributed by atoms with Crippen molar-refractivity contribution in [2.24, 2.45) is 7.05 Å². The standard InChI is InChI=1S/C18H16NO3/c1-19-16-8-6-13(10-14(16)7-9-18(19)21)12-22-17-5-3-2-4-15(17)11-20/h2-10H,11-12H2,1H3. The van der Waals surface area contributed by atoms with Crippen molar-refractivity contribution in [2.75, 3.05) is 0 Å². The molecule has 0 aliphatic carbocycles. The van der Waals surface area contributed by atoms with Gasteiger partial charge in [-0.2, -0.15) is 0 Å². The highest BCUT2D eigenvalue weighted by Gasteiger charge is 2.04. The van der Waals surface area contributed by atoms with Crippen LogP contribution >= 0.6 is 0 Å². The molecule has 111 valence electrons. The fourth-order valence-corrected chi connectivity index (χ4v) is 2.45. The van der Waals surface area contributed by atoms with E-state index in [-0.39, 0.29) is 12.2 Å². The second kappa shape index (κ2) is 6.03. The third kappa shape index (κ3) is 2.73. The second-order valence-electron chi connectivity index (χ2n) is 5.16. The van der Waals surface area contributed by atoms with Crippen molar-refractivity contribution in [1.82, 2.24) is 4.57 Å². The van der Waals surface area contributed by atoms with Crippen molar-refractivity contribution in [3.05, 3.63) is 76.1 Å². The normalized spacial score (nSPS) is 10.8. The van der Waals surface area contributed by atoms with Gasteiger partial charge in [-0.3, -0.25) is 4.79 Å². The first-order valence-corrected chi connectivity index (χ1v) is 7.06. The number of aromatic nitrogens is 1. The summed E-state index contributed by atoms with van der Waals surface area (Å²) >= 11 is 0. The molecule has 0 aliphatic rings. The van der Waals surface area contributed by atoms with E-state index < -0.39 is 0 Å². The van der Waals surface area contributed by atoms with E-state index in [9.17, 15) is 9.90 Å². The van der Waals surface area contributed by atoms with E-state index in [0.29, 0.717) is 17.9 Å². The van der Waals surface area contributed by atoms with Crippen molar-refractivity contribution >= 4 is 10.9 Å². The first kappa shape index (κ1) is 14.4. The van der Waals surface area contributed by atoms with Crippen molar-refractivity contribution in [1.29, 1.82) is 0 Å². The van der Waals surface area contributed by atoms with E-state index in [2.05, 4.69) is 0 Å². The number of rotatable bonds is 4. The molecular weight excluding hydrogens is 278 g/mol. The lowest BCUT2D eigenvalue weighted by molar-refractivity contribution is 0.171. The second-order valence-corrected chi connectivity index (χ2v) is 5.16. The smallest absolute Gasteiger partial charge is 0.250 e. The highest BCUT2D eigenvalue weighted by Crippen LogP contribution is 2.20. The van der Waals surface area contributed by atoms with Crippen LogP contribution in [-0.4, -0.2) is 4.57 Å². The molecule has 1 heterocycles. The molecule has 0 aliphatic heterocycles. The third-order valence-electron chi connectivity index (χ3n) is 3.71. The quantitative estimate of drug-likeness (QED) is 0.742. The van der Waals surface area contributed by atoms with Crippen LogP contribution in [0.25, 0.3) is 10.9 Å². The number of ether oxygens (including phenoxy) is 1. The number of hydrogen-bond acceptors (Lipinski definition) is 2. The maximum Gasteiger partial charge on any atom is 0.250 e. The van der Waals surface area contributed by atoms with Crippen LogP contribution in [0.2, 0.25) is 0 Å². The molecule has 0 spiro atoms. The molecule has 4 heteroatoms. The zero-order chi connectivity index (χ0) is 15.5. The average Bonchev–Trinajstić information content (AvgIpc) is 2.56. The van der Waals surface area contributed by atoms with Crippen molar-refractivity contribution in [3.63, 3.8) is 0 Å². The van der Waals surface area contributed by atoms with Crippen LogP contribution < -0.4 is 10.3 Å². The maximum absolute atomic E-state index is 11.6. The van der Waals surface area contributed by atoms with E-state index >= 15 is 0 Å². The summed E-state index contributed by atoms with van der Waals surface area (Å²) in [5, 5.41) is 12.1. The summed E-state index contributed by atoms with van der Waals surface area (Å²) in [5.74, 6) is 0.623. The van der Waals surface area contributed by atoms with E-state index in [1.165, 1.54) is 0 Å². The zero-order valence-corrected chi connectivity index (χ0v) is 12.3. The summed E-state index contributed by atoms with van der Waals surface area (Å²) < 4.78 is 7.37. The molecule has 3 rings (SSSR count). The summed E-state index contributed by atoms with van der Waals surface area (Å²) in [5.41, 5.74) is 2.51. The lowest BCUT2D eigenvalue weighted by Crippen LogP contribution is -2.15. The first-order chi connectivity index (χ1) is 10.7. The van der Waals surface area contributed by atoms with Crippen LogP contribution in [-0.2, 0) is 25.4 Å². The highest BCUT2D eigenvalue weighted by molar-refractivity contribution is 5.79. The number of fused-ring (bicyclic) bond motifs is 1. The summed E-state index contributed by atoms with van der Waals surface area (Å²) in [4.78, 5) is 11.6. The molecule has 0 N–H and O–H groups in total. The largest absolute Gasteiger partial charge is 0.489 e. The predicted molar refractivity (Wildman–Crippen MR) is 84.4 cm³/mol. The molecule has 0 bridgehead atoms. The van der Waals surface area contributed by atoms with Gasteiger partial charge in [0, 0.05) is 18.7 Å². The molecule has 0 saturated heterocycles. The lowest BCUT2D eigenvalue weighted by atomic mass is 10.1. The summed E-state index contributed by atoms with van der Waals surface area (Å²) in [6.07, 6.45) is 0. The van der Waals surface area contributed by atoms with Crippen molar-refractivity contribution in [3.8, 4) is 5.75 Å². The van der Waals surface area contributed by atoms with Gasteiger partial charge in [-0.25, -0.2) is 5.11 Å². The van der Waals surface area contributed by atoms with E-state index in [1.807, 2.05) is 36.4 Å². The van der Waals surface area contributed by atoms with Gasteiger partial charge in [-0.1, -0.05) is 24.3 Å². The Balaban J connectivity index is 1.86. The van der Waals surface area contributed by atoms with Crippen molar-refractivity contribution in [2.45, 2.75) is 13.2 Å². The molecule has 2 aromatic carbocycles. The Labute approximate surface area is 128 Å². The maximum atomic E-state index is 11.6. The fourth-order valence-electron chi connectivity index (χ4n) is 2.45. The topological polar surface area (TPSA) is 51.1 Å². The van der Waals surface area contributed by atoms with Crippen molar-refractivity contribution < 1.29 is 9.84 Å². The van der Waals surface area contributed by atoms with Gasteiger partial charge < -0.3 is 9.30 Å². The molecule has 22 heavy (non-hydrogen) atoms. The van der Waals surface area contributed by atoms with Crippen LogP contribution in [0, 0.1) is 0 Å². The first-order valence-electron chi connectivity index (χ1n) is 7.06. The summed E-state index contributed by atoms with van der Waals surface area (Å²) in [6.45, 7) is 0.0891. The van der Waals surface area contributed by atoms with Crippen LogP contribution in [0.4, 0.5) is 0 Å². The summed E-state index contributed by atoms with van der Waals surface area (Å²) in [7, 11) is 1.76. The van der Waals surface area contributed by atoms with E-state index in [4.69, 9.17) is 4.74 Å². The molecule has 0 amide bonds. The van der Waals surface area contributed by atoms with Gasteiger partial charge >= 0.3 is 0 Å².